The van der Waals surface area contributed by atoms with Crippen LogP contribution in [-0.2, 0) is 9.53 Å². The fourth-order valence-corrected chi connectivity index (χ4v) is 2.90. The van der Waals surface area contributed by atoms with E-state index in [1.54, 1.807) is 0 Å². The summed E-state index contributed by atoms with van der Waals surface area (Å²) in [6.45, 7) is 5.57. The minimum Gasteiger partial charge on any atom is -0.381 e. The molecule has 2 aliphatic rings. The van der Waals surface area contributed by atoms with Gasteiger partial charge in [0.15, 0.2) is 0 Å². The molecule has 2 fully saturated rings. The molecular formula is C13H24N2O2. The molecule has 0 aromatic rings. The number of likely N-dealkylation sites (N-methyl/N-ethyl adjacent to an activating group) is 1. The van der Waals surface area contributed by atoms with Crippen LogP contribution in [0.15, 0.2) is 0 Å². The van der Waals surface area contributed by atoms with E-state index in [0.717, 1.165) is 52.0 Å². The molecule has 4 heteroatoms. The summed E-state index contributed by atoms with van der Waals surface area (Å²) in [7, 11) is 1.93. The van der Waals surface area contributed by atoms with Crippen molar-refractivity contribution in [1.82, 2.24) is 10.2 Å². The molecule has 1 atom stereocenters. The van der Waals surface area contributed by atoms with E-state index in [1.165, 1.54) is 0 Å². The highest BCUT2D eigenvalue weighted by molar-refractivity contribution is 5.86. The maximum Gasteiger partial charge on any atom is 0.242 e. The molecule has 0 spiro atoms. The van der Waals surface area contributed by atoms with Crippen molar-refractivity contribution in [3.05, 3.63) is 0 Å². The Morgan fingerprint density at radius 3 is 2.76 bits per heavy atom. The second-order valence-electron chi connectivity index (χ2n) is 5.60. The number of amides is 1. The van der Waals surface area contributed by atoms with Crippen LogP contribution in [0, 0.1) is 5.92 Å². The molecule has 4 nitrogen and oxygen atoms in total. The van der Waals surface area contributed by atoms with E-state index >= 15 is 0 Å². The molecule has 0 bridgehead atoms. The van der Waals surface area contributed by atoms with Gasteiger partial charge < -0.3 is 15.0 Å². The topological polar surface area (TPSA) is 41.6 Å². The molecule has 0 radical (unpaired) electrons. The van der Waals surface area contributed by atoms with Gasteiger partial charge in [-0.15, -0.1) is 0 Å². The van der Waals surface area contributed by atoms with Crippen LogP contribution in [0.5, 0.6) is 0 Å². The summed E-state index contributed by atoms with van der Waals surface area (Å²) in [5.41, 5.74) is -0.320. The van der Waals surface area contributed by atoms with Crippen molar-refractivity contribution in [3.63, 3.8) is 0 Å². The Bertz CT molecular complexity index is 269. The van der Waals surface area contributed by atoms with Crippen molar-refractivity contribution in [1.29, 1.82) is 0 Å². The van der Waals surface area contributed by atoms with Crippen LogP contribution in [0.2, 0.25) is 0 Å². The Balaban J connectivity index is 1.85. The number of nitrogens with zero attached hydrogens (tertiary/aromatic N) is 1. The zero-order valence-corrected chi connectivity index (χ0v) is 11.0. The largest absolute Gasteiger partial charge is 0.381 e. The minimum atomic E-state index is -0.320. The van der Waals surface area contributed by atoms with Gasteiger partial charge in [-0.2, -0.15) is 0 Å². The highest BCUT2D eigenvalue weighted by Crippen LogP contribution is 2.22. The Morgan fingerprint density at radius 1 is 1.47 bits per heavy atom. The fraction of sp³-hybridized carbons (Fsp3) is 0.923. The maximum absolute atomic E-state index is 12.4. The van der Waals surface area contributed by atoms with E-state index < -0.39 is 0 Å². The fourth-order valence-electron chi connectivity index (χ4n) is 2.90. The van der Waals surface area contributed by atoms with Crippen molar-refractivity contribution >= 4 is 5.91 Å². The number of nitrogens with one attached hydrogen (secondary N) is 1. The molecular weight excluding hydrogens is 216 g/mol. The minimum absolute atomic E-state index is 0.251. The summed E-state index contributed by atoms with van der Waals surface area (Å²) in [5, 5.41) is 3.33. The molecule has 0 aliphatic carbocycles. The summed E-state index contributed by atoms with van der Waals surface area (Å²) in [6, 6.07) is 0. The van der Waals surface area contributed by atoms with Gasteiger partial charge in [-0.3, -0.25) is 4.79 Å². The van der Waals surface area contributed by atoms with Gasteiger partial charge in [0.25, 0.3) is 0 Å². The highest BCUT2D eigenvalue weighted by atomic mass is 16.5. The lowest BCUT2D eigenvalue weighted by atomic mass is 9.96. The van der Waals surface area contributed by atoms with E-state index in [4.69, 9.17) is 4.74 Å². The average Bonchev–Trinajstić information content (AvgIpc) is 2.78. The molecule has 0 aromatic carbocycles. The third kappa shape index (κ3) is 2.99. The molecule has 1 unspecified atom stereocenters. The average molecular weight is 240 g/mol. The van der Waals surface area contributed by atoms with Crippen LogP contribution < -0.4 is 5.32 Å². The molecule has 2 heterocycles. The monoisotopic (exact) mass is 240 g/mol. The van der Waals surface area contributed by atoms with Crippen molar-refractivity contribution in [3.8, 4) is 0 Å². The Kier molecular flexibility index (Phi) is 4.05. The van der Waals surface area contributed by atoms with Crippen LogP contribution >= 0.6 is 0 Å². The second-order valence-corrected chi connectivity index (χ2v) is 5.60. The van der Waals surface area contributed by atoms with Crippen LogP contribution in [0.3, 0.4) is 0 Å². The van der Waals surface area contributed by atoms with Gasteiger partial charge in [-0.05, 0) is 45.1 Å². The predicted octanol–water partition coefficient (Wildman–Crippen LogP) is 1.01. The second kappa shape index (κ2) is 5.36. The normalized spacial score (nSPS) is 30.5. The van der Waals surface area contributed by atoms with Gasteiger partial charge in [0.1, 0.15) is 0 Å². The van der Waals surface area contributed by atoms with Crippen LogP contribution in [0.1, 0.15) is 32.6 Å². The number of hydrogen-bond acceptors (Lipinski definition) is 3. The van der Waals surface area contributed by atoms with E-state index in [0.29, 0.717) is 5.92 Å². The van der Waals surface area contributed by atoms with Crippen LogP contribution in [-0.4, -0.2) is 49.7 Å². The summed E-state index contributed by atoms with van der Waals surface area (Å²) >= 11 is 0. The van der Waals surface area contributed by atoms with E-state index in [2.05, 4.69) is 5.32 Å². The first kappa shape index (κ1) is 12.8. The van der Waals surface area contributed by atoms with Gasteiger partial charge in [-0.1, -0.05) is 0 Å². The molecule has 98 valence electrons. The molecule has 1 amide bonds. The molecule has 2 rings (SSSR count). The summed E-state index contributed by atoms with van der Waals surface area (Å²) < 4.78 is 5.35. The molecule has 1 N–H and O–H groups in total. The van der Waals surface area contributed by atoms with E-state index in [-0.39, 0.29) is 11.4 Å². The maximum atomic E-state index is 12.4. The van der Waals surface area contributed by atoms with Gasteiger partial charge in [-0.25, -0.2) is 0 Å². The molecule has 2 aliphatic heterocycles. The highest BCUT2D eigenvalue weighted by Gasteiger charge is 2.38. The Labute approximate surface area is 104 Å². The lowest BCUT2D eigenvalue weighted by Crippen LogP contribution is -2.52. The Morgan fingerprint density at radius 2 is 2.18 bits per heavy atom. The first-order valence-electron chi connectivity index (χ1n) is 6.70. The van der Waals surface area contributed by atoms with Crippen LogP contribution in [0.25, 0.3) is 0 Å². The van der Waals surface area contributed by atoms with Gasteiger partial charge >= 0.3 is 0 Å². The summed E-state index contributed by atoms with van der Waals surface area (Å²) in [6.07, 6.45) is 4.24. The van der Waals surface area contributed by atoms with E-state index in [9.17, 15) is 4.79 Å². The zero-order chi connectivity index (χ0) is 12.3. The van der Waals surface area contributed by atoms with Crippen LogP contribution in [0.4, 0.5) is 0 Å². The van der Waals surface area contributed by atoms with Crippen molar-refractivity contribution in [2.24, 2.45) is 5.92 Å². The number of carbonyl (C=O) groups is 1. The third-order valence-corrected chi connectivity index (χ3v) is 4.06. The molecule has 17 heavy (non-hydrogen) atoms. The summed E-state index contributed by atoms with van der Waals surface area (Å²) in [4.78, 5) is 14.3. The van der Waals surface area contributed by atoms with Gasteiger partial charge in [0.2, 0.25) is 5.91 Å². The van der Waals surface area contributed by atoms with Crippen molar-refractivity contribution < 1.29 is 9.53 Å². The first-order valence-corrected chi connectivity index (χ1v) is 6.70. The predicted molar refractivity (Wildman–Crippen MR) is 66.8 cm³/mol. The molecule has 0 aromatic heterocycles. The standard InChI is InChI=1S/C13H24N2O2/c1-13(6-3-7-14-13)12(16)15(2)10-11-4-8-17-9-5-11/h11,14H,3-10H2,1-2H3. The number of carbonyl (C=O) groups excluding carboxylic acids is 1. The quantitative estimate of drug-likeness (QED) is 0.800. The Hall–Kier alpha value is -0.610. The SMILES string of the molecule is CN(CC1CCOCC1)C(=O)C1(C)CCCN1. The number of ether oxygens (including phenoxy) is 1. The zero-order valence-electron chi connectivity index (χ0n) is 11.0. The molecule has 2 saturated heterocycles. The lowest BCUT2D eigenvalue weighted by Gasteiger charge is -2.32. The van der Waals surface area contributed by atoms with Crippen molar-refractivity contribution in [2.75, 3.05) is 33.4 Å². The lowest BCUT2D eigenvalue weighted by molar-refractivity contribution is -0.136. The first-order chi connectivity index (χ1) is 8.12. The summed E-state index contributed by atoms with van der Waals surface area (Å²) in [5.74, 6) is 0.865. The smallest absolute Gasteiger partial charge is 0.242 e. The van der Waals surface area contributed by atoms with E-state index in [1.807, 2.05) is 18.9 Å². The number of rotatable bonds is 3. The van der Waals surface area contributed by atoms with Gasteiger partial charge in [0.05, 0.1) is 5.54 Å². The van der Waals surface area contributed by atoms with Gasteiger partial charge in [0, 0.05) is 26.8 Å². The molecule has 0 saturated carbocycles. The van der Waals surface area contributed by atoms with Crippen molar-refractivity contribution in [2.45, 2.75) is 38.1 Å². The number of hydrogen-bond donors (Lipinski definition) is 1. The third-order valence-electron chi connectivity index (χ3n) is 4.06.